The zero-order chi connectivity index (χ0) is 5.82. The molecule has 1 rings (SSSR count). The zero-order valence-electron chi connectivity index (χ0n) is 5.28. The van der Waals surface area contributed by atoms with E-state index in [1.54, 1.807) is 0 Å². The van der Waals surface area contributed by atoms with Gasteiger partial charge in [-0.3, -0.25) is 4.99 Å². The molecule has 46 valence electrons. The van der Waals surface area contributed by atoms with Crippen LogP contribution >= 0.6 is 0 Å². The third-order valence-corrected chi connectivity index (χ3v) is 1.50. The molecule has 1 aliphatic heterocycles. The SMILES string of the molecule is CN=C1CCNCC1. The molecule has 0 unspecified atom stereocenters. The van der Waals surface area contributed by atoms with Crippen molar-refractivity contribution < 1.29 is 0 Å². The highest BCUT2D eigenvalue weighted by Crippen LogP contribution is 1.95. The number of hydrogen-bond acceptors (Lipinski definition) is 2. The normalized spacial score (nSPS) is 20.9. The minimum atomic E-state index is 1.12. The van der Waals surface area contributed by atoms with Crippen molar-refractivity contribution >= 4 is 5.71 Å². The summed E-state index contributed by atoms with van der Waals surface area (Å²) in [5.74, 6) is 0. The van der Waals surface area contributed by atoms with Crippen LogP contribution < -0.4 is 5.32 Å². The van der Waals surface area contributed by atoms with Crippen molar-refractivity contribution in [3.8, 4) is 0 Å². The minimum absolute atomic E-state index is 1.12. The van der Waals surface area contributed by atoms with Crippen LogP contribution in [0.2, 0.25) is 0 Å². The van der Waals surface area contributed by atoms with E-state index < -0.39 is 0 Å². The second kappa shape index (κ2) is 2.82. The lowest BCUT2D eigenvalue weighted by molar-refractivity contribution is 0.670. The van der Waals surface area contributed by atoms with Crippen LogP contribution in [0.15, 0.2) is 4.99 Å². The number of nitrogens with one attached hydrogen (secondary N) is 1. The summed E-state index contributed by atoms with van der Waals surface area (Å²) in [5.41, 5.74) is 1.36. The fraction of sp³-hybridized carbons (Fsp3) is 0.833. The molecule has 0 aromatic heterocycles. The molecule has 1 heterocycles. The molecule has 0 radical (unpaired) electrons. The first kappa shape index (κ1) is 5.76. The predicted octanol–water partition coefficient (Wildman–Crippen LogP) is 0.441. The van der Waals surface area contributed by atoms with Gasteiger partial charge in [-0.15, -0.1) is 0 Å². The molecule has 1 saturated heterocycles. The van der Waals surface area contributed by atoms with Gasteiger partial charge in [0.15, 0.2) is 0 Å². The Hall–Kier alpha value is -0.370. The molecule has 2 nitrogen and oxygen atoms in total. The lowest BCUT2D eigenvalue weighted by atomic mass is 10.1. The Balaban J connectivity index is 2.33. The molecule has 8 heavy (non-hydrogen) atoms. The third-order valence-electron chi connectivity index (χ3n) is 1.50. The Morgan fingerprint density at radius 1 is 1.38 bits per heavy atom. The second-order valence-corrected chi connectivity index (χ2v) is 2.04. The lowest BCUT2D eigenvalue weighted by Gasteiger charge is -2.12. The van der Waals surface area contributed by atoms with Gasteiger partial charge in [-0.1, -0.05) is 0 Å². The van der Waals surface area contributed by atoms with Crippen LogP contribution in [0.25, 0.3) is 0 Å². The Labute approximate surface area is 50.0 Å². The maximum atomic E-state index is 4.12. The summed E-state index contributed by atoms with van der Waals surface area (Å²) in [7, 11) is 1.88. The van der Waals surface area contributed by atoms with E-state index in [-0.39, 0.29) is 0 Å². The number of hydrogen-bond donors (Lipinski definition) is 1. The van der Waals surface area contributed by atoms with Gasteiger partial charge in [0.1, 0.15) is 0 Å². The van der Waals surface area contributed by atoms with Gasteiger partial charge in [-0.2, -0.15) is 0 Å². The smallest absolute Gasteiger partial charge is 0.0276 e. The molecule has 1 N–H and O–H groups in total. The average molecular weight is 112 g/mol. The van der Waals surface area contributed by atoms with Crippen LogP contribution in [0, 0.1) is 0 Å². The molecule has 0 aliphatic carbocycles. The fourth-order valence-corrected chi connectivity index (χ4v) is 0.939. The van der Waals surface area contributed by atoms with Crippen molar-refractivity contribution in [2.24, 2.45) is 4.99 Å². The Kier molecular flexibility index (Phi) is 2.03. The van der Waals surface area contributed by atoms with E-state index in [1.807, 2.05) is 7.05 Å². The summed E-state index contributed by atoms with van der Waals surface area (Å²) >= 11 is 0. The molecule has 0 bridgehead atoms. The number of aliphatic imine (C=N–C) groups is 1. The highest BCUT2D eigenvalue weighted by Gasteiger charge is 2.02. The molecule has 0 atom stereocenters. The van der Waals surface area contributed by atoms with Crippen molar-refractivity contribution in [2.45, 2.75) is 12.8 Å². The van der Waals surface area contributed by atoms with Crippen LogP contribution in [0.1, 0.15) is 12.8 Å². The molecule has 0 spiro atoms. The van der Waals surface area contributed by atoms with Gasteiger partial charge in [-0.05, 0) is 12.8 Å². The summed E-state index contributed by atoms with van der Waals surface area (Å²) in [6.07, 6.45) is 2.30. The first-order valence-electron chi connectivity index (χ1n) is 3.09. The van der Waals surface area contributed by atoms with Crippen molar-refractivity contribution in [2.75, 3.05) is 20.1 Å². The molecular weight excluding hydrogens is 100 g/mol. The molecule has 0 saturated carbocycles. The molecule has 1 fully saturated rings. The van der Waals surface area contributed by atoms with E-state index in [4.69, 9.17) is 0 Å². The van der Waals surface area contributed by atoms with Crippen molar-refractivity contribution in [3.63, 3.8) is 0 Å². The molecule has 0 aromatic carbocycles. The molecule has 0 amide bonds. The summed E-state index contributed by atoms with van der Waals surface area (Å²) < 4.78 is 0. The number of nitrogens with zero attached hydrogens (tertiary/aromatic N) is 1. The van der Waals surface area contributed by atoms with Crippen LogP contribution in [0.3, 0.4) is 0 Å². The molecule has 2 heteroatoms. The predicted molar refractivity (Wildman–Crippen MR) is 35.5 cm³/mol. The maximum absolute atomic E-state index is 4.12. The van der Waals surface area contributed by atoms with Crippen LogP contribution in [0.4, 0.5) is 0 Å². The Morgan fingerprint density at radius 3 is 2.38 bits per heavy atom. The van der Waals surface area contributed by atoms with Gasteiger partial charge in [-0.25, -0.2) is 0 Å². The lowest BCUT2D eigenvalue weighted by Crippen LogP contribution is -2.27. The van der Waals surface area contributed by atoms with Crippen LogP contribution in [-0.2, 0) is 0 Å². The number of piperidine rings is 1. The topological polar surface area (TPSA) is 24.4 Å². The monoisotopic (exact) mass is 112 g/mol. The van der Waals surface area contributed by atoms with Crippen LogP contribution in [-0.4, -0.2) is 25.8 Å². The quantitative estimate of drug-likeness (QED) is 0.483. The van der Waals surface area contributed by atoms with Gasteiger partial charge in [0.25, 0.3) is 0 Å². The summed E-state index contributed by atoms with van der Waals surface area (Å²) in [5, 5.41) is 3.27. The largest absolute Gasteiger partial charge is 0.316 e. The van der Waals surface area contributed by atoms with E-state index in [0.29, 0.717) is 0 Å². The van der Waals surface area contributed by atoms with E-state index in [2.05, 4.69) is 10.3 Å². The first-order valence-corrected chi connectivity index (χ1v) is 3.09. The standard InChI is InChI=1S/C6H12N2/c1-7-6-2-4-8-5-3-6/h8H,2-5H2,1H3. The van der Waals surface area contributed by atoms with E-state index >= 15 is 0 Å². The minimum Gasteiger partial charge on any atom is -0.316 e. The van der Waals surface area contributed by atoms with Crippen molar-refractivity contribution in [3.05, 3.63) is 0 Å². The molecule has 0 aromatic rings. The van der Waals surface area contributed by atoms with Gasteiger partial charge < -0.3 is 5.32 Å². The fourth-order valence-electron chi connectivity index (χ4n) is 0.939. The second-order valence-electron chi connectivity index (χ2n) is 2.04. The summed E-state index contributed by atoms with van der Waals surface area (Å²) in [4.78, 5) is 4.12. The van der Waals surface area contributed by atoms with Crippen LogP contribution in [0.5, 0.6) is 0 Å². The van der Waals surface area contributed by atoms with E-state index in [1.165, 1.54) is 5.71 Å². The Morgan fingerprint density at radius 2 is 2.00 bits per heavy atom. The van der Waals surface area contributed by atoms with Gasteiger partial charge in [0.2, 0.25) is 0 Å². The highest BCUT2D eigenvalue weighted by molar-refractivity contribution is 5.85. The van der Waals surface area contributed by atoms with Gasteiger partial charge in [0, 0.05) is 25.8 Å². The van der Waals surface area contributed by atoms with Gasteiger partial charge in [0.05, 0.1) is 0 Å². The van der Waals surface area contributed by atoms with E-state index in [9.17, 15) is 0 Å². The third kappa shape index (κ3) is 1.30. The molecular formula is C6H12N2. The van der Waals surface area contributed by atoms with Crippen molar-refractivity contribution in [1.29, 1.82) is 0 Å². The van der Waals surface area contributed by atoms with E-state index in [0.717, 1.165) is 25.9 Å². The van der Waals surface area contributed by atoms with Gasteiger partial charge >= 0.3 is 0 Å². The Bertz CT molecular complexity index is 88.7. The summed E-state index contributed by atoms with van der Waals surface area (Å²) in [6, 6.07) is 0. The number of rotatable bonds is 0. The zero-order valence-corrected chi connectivity index (χ0v) is 5.28. The first-order chi connectivity index (χ1) is 3.93. The van der Waals surface area contributed by atoms with Crippen molar-refractivity contribution in [1.82, 2.24) is 5.32 Å². The highest BCUT2D eigenvalue weighted by atomic mass is 14.9. The molecule has 1 aliphatic rings. The summed E-state index contributed by atoms with van der Waals surface area (Å²) in [6.45, 7) is 2.24. The maximum Gasteiger partial charge on any atom is 0.0276 e. The average Bonchev–Trinajstić information content (AvgIpc) is 1.90.